The van der Waals surface area contributed by atoms with Gasteiger partial charge in [-0.1, -0.05) is 28.1 Å². The molecule has 0 fully saturated rings. The molecule has 0 aliphatic carbocycles. The first-order chi connectivity index (χ1) is 9.69. The molecule has 4 nitrogen and oxygen atoms in total. The molecule has 102 valence electrons. The van der Waals surface area contributed by atoms with Crippen molar-refractivity contribution in [2.45, 2.75) is 6.54 Å². The topological polar surface area (TPSA) is 53.1 Å². The second kappa shape index (κ2) is 5.17. The maximum Gasteiger partial charge on any atom is 0.153 e. The van der Waals surface area contributed by atoms with Crippen LogP contribution >= 0.6 is 15.9 Å². The van der Waals surface area contributed by atoms with Crippen molar-refractivity contribution in [3.05, 3.63) is 52.5 Å². The number of nitrogen functional groups attached to an aromatic ring is 1. The minimum atomic E-state index is 0.555. The molecule has 0 saturated carbocycles. The summed E-state index contributed by atoms with van der Waals surface area (Å²) in [5.41, 5.74) is 8.08. The van der Waals surface area contributed by atoms with Crippen LogP contribution in [0, 0.1) is 0 Å². The van der Waals surface area contributed by atoms with Crippen molar-refractivity contribution in [2.75, 3.05) is 12.8 Å². The molecule has 0 saturated heterocycles. The van der Waals surface area contributed by atoms with Crippen molar-refractivity contribution in [3.8, 4) is 5.75 Å². The van der Waals surface area contributed by atoms with Crippen LogP contribution in [0.1, 0.15) is 5.56 Å². The van der Waals surface area contributed by atoms with Gasteiger partial charge < -0.3 is 10.5 Å². The summed E-state index contributed by atoms with van der Waals surface area (Å²) in [5, 5.41) is 5.39. The Morgan fingerprint density at radius 1 is 1.25 bits per heavy atom. The normalized spacial score (nSPS) is 10.9. The number of anilines is 1. The number of methoxy groups -OCH3 is 1. The summed E-state index contributed by atoms with van der Waals surface area (Å²) in [6.45, 7) is 0.634. The summed E-state index contributed by atoms with van der Waals surface area (Å²) in [7, 11) is 1.66. The zero-order valence-corrected chi connectivity index (χ0v) is 12.6. The Labute approximate surface area is 125 Å². The first-order valence-electron chi connectivity index (χ1n) is 6.22. The number of fused-ring (bicyclic) bond motifs is 1. The fourth-order valence-corrected chi connectivity index (χ4v) is 2.61. The van der Waals surface area contributed by atoms with Crippen molar-refractivity contribution in [2.24, 2.45) is 0 Å². The van der Waals surface area contributed by atoms with Crippen LogP contribution in [0.25, 0.3) is 10.9 Å². The van der Waals surface area contributed by atoms with Gasteiger partial charge in [0.25, 0.3) is 0 Å². The molecule has 0 aliphatic heterocycles. The van der Waals surface area contributed by atoms with Crippen molar-refractivity contribution in [3.63, 3.8) is 0 Å². The van der Waals surface area contributed by atoms with Crippen LogP contribution < -0.4 is 10.5 Å². The van der Waals surface area contributed by atoms with Gasteiger partial charge in [0.05, 0.1) is 19.2 Å². The van der Waals surface area contributed by atoms with Crippen LogP contribution in [0.4, 0.5) is 5.82 Å². The van der Waals surface area contributed by atoms with Gasteiger partial charge in [-0.25, -0.2) is 0 Å². The Morgan fingerprint density at radius 3 is 2.85 bits per heavy atom. The molecular weight excluding hydrogens is 318 g/mol. The number of para-hydroxylation sites is 1. The average molecular weight is 332 g/mol. The highest BCUT2D eigenvalue weighted by atomic mass is 79.9. The van der Waals surface area contributed by atoms with E-state index in [0.29, 0.717) is 12.4 Å². The van der Waals surface area contributed by atoms with Crippen LogP contribution in [0.5, 0.6) is 5.75 Å². The van der Waals surface area contributed by atoms with E-state index in [2.05, 4.69) is 21.0 Å². The van der Waals surface area contributed by atoms with Gasteiger partial charge >= 0.3 is 0 Å². The smallest absolute Gasteiger partial charge is 0.153 e. The first-order valence-corrected chi connectivity index (χ1v) is 7.02. The SMILES string of the molecule is COc1ccc(Br)c(Cn2nc(N)c3ccccc32)c1. The van der Waals surface area contributed by atoms with Crippen LogP contribution in [-0.4, -0.2) is 16.9 Å². The standard InChI is InChI=1S/C15H14BrN3O/c1-20-11-6-7-13(16)10(8-11)9-19-14-5-3-2-4-12(14)15(17)18-19/h2-8H,9H2,1H3,(H2,17,18). The summed E-state index contributed by atoms with van der Waals surface area (Å²) in [4.78, 5) is 0. The quantitative estimate of drug-likeness (QED) is 0.799. The van der Waals surface area contributed by atoms with Crippen molar-refractivity contribution < 1.29 is 4.74 Å². The lowest BCUT2D eigenvalue weighted by Crippen LogP contribution is -2.03. The van der Waals surface area contributed by atoms with Gasteiger partial charge in [0.2, 0.25) is 0 Å². The number of ether oxygens (including phenoxy) is 1. The number of halogens is 1. The first kappa shape index (κ1) is 13.0. The lowest BCUT2D eigenvalue weighted by molar-refractivity contribution is 0.414. The highest BCUT2D eigenvalue weighted by Gasteiger charge is 2.09. The van der Waals surface area contributed by atoms with E-state index in [1.165, 1.54) is 0 Å². The van der Waals surface area contributed by atoms with Crippen molar-refractivity contribution in [1.29, 1.82) is 0 Å². The van der Waals surface area contributed by atoms with Gasteiger partial charge in [0, 0.05) is 9.86 Å². The molecule has 0 bridgehead atoms. The van der Waals surface area contributed by atoms with E-state index < -0.39 is 0 Å². The molecule has 0 spiro atoms. The number of benzene rings is 2. The molecule has 1 aromatic heterocycles. The van der Waals surface area contributed by atoms with E-state index in [0.717, 1.165) is 26.7 Å². The molecular formula is C15H14BrN3O. The predicted molar refractivity (Wildman–Crippen MR) is 83.9 cm³/mol. The molecule has 0 unspecified atom stereocenters. The number of nitrogens with zero attached hydrogens (tertiary/aromatic N) is 2. The summed E-state index contributed by atoms with van der Waals surface area (Å²) in [6, 6.07) is 13.8. The lowest BCUT2D eigenvalue weighted by Gasteiger charge is -2.08. The third kappa shape index (κ3) is 2.25. The van der Waals surface area contributed by atoms with Crippen molar-refractivity contribution >= 4 is 32.7 Å². The molecule has 20 heavy (non-hydrogen) atoms. The van der Waals surface area contributed by atoms with E-state index in [-0.39, 0.29) is 0 Å². The second-order valence-corrected chi connectivity index (χ2v) is 5.37. The minimum Gasteiger partial charge on any atom is -0.497 e. The molecule has 2 aromatic carbocycles. The molecule has 5 heteroatoms. The average Bonchev–Trinajstić information content (AvgIpc) is 2.78. The highest BCUT2D eigenvalue weighted by Crippen LogP contribution is 2.26. The number of hydrogen-bond acceptors (Lipinski definition) is 3. The van der Waals surface area contributed by atoms with E-state index in [9.17, 15) is 0 Å². The lowest BCUT2D eigenvalue weighted by atomic mass is 10.2. The van der Waals surface area contributed by atoms with Crippen molar-refractivity contribution in [1.82, 2.24) is 9.78 Å². The molecule has 0 radical (unpaired) electrons. The van der Waals surface area contributed by atoms with Gasteiger partial charge in [0.15, 0.2) is 5.82 Å². The van der Waals surface area contributed by atoms with E-state index in [4.69, 9.17) is 10.5 Å². The fourth-order valence-electron chi connectivity index (χ4n) is 2.23. The van der Waals surface area contributed by atoms with E-state index in [1.54, 1.807) is 7.11 Å². The van der Waals surface area contributed by atoms with Gasteiger partial charge in [-0.05, 0) is 35.9 Å². The van der Waals surface area contributed by atoms with Crippen LogP contribution in [0.2, 0.25) is 0 Å². The van der Waals surface area contributed by atoms with Gasteiger partial charge in [-0.2, -0.15) is 5.10 Å². The summed E-state index contributed by atoms with van der Waals surface area (Å²) in [6.07, 6.45) is 0. The second-order valence-electron chi connectivity index (χ2n) is 4.52. The zero-order chi connectivity index (χ0) is 14.1. The van der Waals surface area contributed by atoms with Gasteiger partial charge in [-0.3, -0.25) is 4.68 Å². The van der Waals surface area contributed by atoms with E-state index in [1.807, 2.05) is 47.1 Å². The maximum atomic E-state index is 5.96. The highest BCUT2D eigenvalue weighted by molar-refractivity contribution is 9.10. The third-order valence-corrected chi connectivity index (χ3v) is 4.03. The summed E-state index contributed by atoms with van der Waals surface area (Å²) >= 11 is 3.56. The Bertz CT molecular complexity index is 767. The molecule has 3 aromatic rings. The van der Waals surface area contributed by atoms with E-state index >= 15 is 0 Å². The molecule has 0 amide bonds. The molecule has 1 heterocycles. The molecule has 2 N–H and O–H groups in total. The minimum absolute atomic E-state index is 0.555. The predicted octanol–water partition coefficient (Wildman–Crippen LogP) is 3.44. The summed E-state index contributed by atoms with van der Waals surface area (Å²) in [5.74, 6) is 1.38. The molecule has 3 rings (SSSR count). The number of nitrogens with two attached hydrogens (primary N) is 1. The molecule has 0 aliphatic rings. The summed E-state index contributed by atoms with van der Waals surface area (Å²) < 4.78 is 8.20. The largest absolute Gasteiger partial charge is 0.497 e. The van der Waals surface area contributed by atoms with Crippen LogP contribution in [-0.2, 0) is 6.54 Å². The fraction of sp³-hybridized carbons (Fsp3) is 0.133. The Balaban J connectivity index is 2.05. The Hall–Kier alpha value is -2.01. The zero-order valence-electron chi connectivity index (χ0n) is 11.0. The number of aromatic nitrogens is 2. The van der Waals surface area contributed by atoms with Gasteiger partial charge in [0.1, 0.15) is 5.75 Å². The third-order valence-electron chi connectivity index (χ3n) is 3.26. The van der Waals surface area contributed by atoms with Crippen LogP contribution in [0.15, 0.2) is 46.9 Å². The maximum absolute atomic E-state index is 5.96. The molecule has 0 atom stereocenters. The Kier molecular flexibility index (Phi) is 3.36. The van der Waals surface area contributed by atoms with Crippen LogP contribution in [0.3, 0.4) is 0 Å². The monoisotopic (exact) mass is 331 g/mol. The number of hydrogen-bond donors (Lipinski definition) is 1. The Morgan fingerprint density at radius 2 is 2.05 bits per heavy atom. The number of rotatable bonds is 3. The van der Waals surface area contributed by atoms with Gasteiger partial charge in [-0.15, -0.1) is 0 Å².